The minimum Gasteiger partial charge on any atom is -0.481 e. The molecule has 0 saturated heterocycles. The molecule has 0 atom stereocenters. The van der Waals surface area contributed by atoms with E-state index >= 15 is 0 Å². The Kier molecular flexibility index (Phi) is 2.65. The average Bonchev–Trinajstić information content (AvgIpc) is 2.47. The second-order valence-electron chi connectivity index (χ2n) is 4.00. The first-order chi connectivity index (χ1) is 8.86. The smallest absolute Gasteiger partial charge is 0.213 e. The Balaban J connectivity index is 2.15. The van der Waals surface area contributed by atoms with Gasteiger partial charge in [0.2, 0.25) is 5.88 Å². The zero-order chi connectivity index (χ0) is 12.4. The van der Waals surface area contributed by atoms with E-state index in [2.05, 4.69) is 28.2 Å². The second-order valence-corrected chi connectivity index (χ2v) is 4.00. The summed E-state index contributed by atoms with van der Waals surface area (Å²) < 4.78 is 5.14. The molecule has 0 bridgehead atoms. The van der Waals surface area contributed by atoms with Gasteiger partial charge >= 0.3 is 0 Å². The van der Waals surface area contributed by atoms with Crippen LogP contribution in [-0.4, -0.2) is 17.1 Å². The fourth-order valence-corrected chi connectivity index (χ4v) is 1.93. The van der Waals surface area contributed by atoms with Gasteiger partial charge in [0.15, 0.2) is 0 Å². The fraction of sp³-hybridized carbons (Fsp3) is 0.0667. The molecule has 0 saturated carbocycles. The van der Waals surface area contributed by atoms with Crippen molar-refractivity contribution in [2.75, 3.05) is 7.11 Å². The van der Waals surface area contributed by atoms with Crippen LogP contribution in [0.2, 0.25) is 0 Å². The van der Waals surface area contributed by atoms with Crippen molar-refractivity contribution >= 4 is 10.9 Å². The van der Waals surface area contributed by atoms with Crippen LogP contribution in [0.25, 0.3) is 22.0 Å². The van der Waals surface area contributed by atoms with Crippen LogP contribution in [0.3, 0.4) is 0 Å². The van der Waals surface area contributed by atoms with Crippen LogP contribution in [-0.2, 0) is 0 Å². The quantitative estimate of drug-likeness (QED) is 0.684. The monoisotopic (exact) mass is 236 g/mol. The van der Waals surface area contributed by atoms with Crippen molar-refractivity contribution in [1.29, 1.82) is 0 Å². The molecule has 1 aromatic carbocycles. The molecule has 2 aromatic heterocycles. The number of ether oxygens (including phenoxy) is 1. The predicted molar refractivity (Wildman–Crippen MR) is 71.5 cm³/mol. The van der Waals surface area contributed by atoms with E-state index in [1.165, 1.54) is 0 Å². The van der Waals surface area contributed by atoms with Crippen LogP contribution >= 0.6 is 0 Å². The molecule has 18 heavy (non-hydrogen) atoms. The molecular weight excluding hydrogens is 224 g/mol. The highest BCUT2D eigenvalue weighted by atomic mass is 16.5. The summed E-state index contributed by atoms with van der Waals surface area (Å²) in [6.07, 6.45) is 3.62. The van der Waals surface area contributed by atoms with Crippen molar-refractivity contribution in [2.45, 2.75) is 0 Å². The first-order valence-corrected chi connectivity index (χ1v) is 5.72. The van der Waals surface area contributed by atoms with Gasteiger partial charge in [-0.3, -0.25) is 4.98 Å². The standard InChI is InChI=1S/C15H12N2O/c1-18-15-7-6-11-4-5-12(9-14(11)17-15)13-3-2-8-16-10-13/h2-10H,1H3. The molecule has 0 fully saturated rings. The van der Waals surface area contributed by atoms with Crippen LogP contribution < -0.4 is 4.74 Å². The first-order valence-electron chi connectivity index (χ1n) is 5.72. The fourth-order valence-electron chi connectivity index (χ4n) is 1.93. The van der Waals surface area contributed by atoms with Crippen molar-refractivity contribution in [3.05, 3.63) is 54.9 Å². The lowest BCUT2D eigenvalue weighted by atomic mass is 10.1. The Bertz CT molecular complexity index is 680. The molecular formula is C15H12N2O. The second kappa shape index (κ2) is 4.45. The number of nitrogens with zero attached hydrogens (tertiary/aromatic N) is 2. The highest BCUT2D eigenvalue weighted by molar-refractivity contribution is 5.84. The number of aromatic nitrogens is 2. The minimum atomic E-state index is 0.630. The lowest BCUT2D eigenvalue weighted by molar-refractivity contribution is 0.399. The number of methoxy groups -OCH3 is 1. The van der Waals surface area contributed by atoms with E-state index in [4.69, 9.17) is 4.74 Å². The van der Waals surface area contributed by atoms with E-state index in [1.54, 1.807) is 13.3 Å². The zero-order valence-corrected chi connectivity index (χ0v) is 10.00. The summed E-state index contributed by atoms with van der Waals surface area (Å²) in [6.45, 7) is 0. The lowest BCUT2D eigenvalue weighted by Crippen LogP contribution is -1.88. The predicted octanol–water partition coefficient (Wildman–Crippen LogP) is 3.31. The minimum absolute atomic E-state index is 0.630. The molecule has 3 aromatic rings. The number of hydrogen-bond acceptors (Lipinski definition) is 3. The van der Waals surface area contributed by atoms with Crippen molar-refractivity contribution in [2.24, 2.45) is 0 Å². The van der Waals surface area contributed by atoms with Crippen LogP contribution in [0.15, 0.2) is 54.9 Å². The van der Waals surface area contributed by atoms with Crippen LogP contribution in [0, 0.1) is 0 Å². The number of hydrogen-bond donors (Lipinski definition) is 0. The Labute approximate surface area is 105 Å². The maximum atomic E-state index is 5.14. The number of pyridine rings is 2. The van der Waals surface area contributed by atoms with Gasteiger partial charge in [-0.25, -0.2) is 4.98 Å². The van der Waals surface area contributed by atoms with E-state index in [-0.39, 0.29) is 0 Å². The molecule has 3 nitrogen and oxygen atoms in total. The topological polar surface area (TPSA) is 35.0 Å². The molecule has 0 aliphatic heterocycles. The van der Waals surface area contributed by atoms with Gasteiger partial charge in [-0.2, -0.15) is 0 Å². The van der Waals surface area contributed by atoms with Gasteiger partial charge in [-0.1, -0.05) is 18.2 Å². The molecule has 0 aliphatic carbocycles. The molecule has 2 heterocycles. The highest BCUT2D eigenvalue weighted by Gasteiger charge is 2.02. The Morgan fingerprint density at radius 3 is 2.67 bits per heavy atom. The van der Waals surface area contributed by atoms with Gasteiger partial charge in [-0.05, 0) is 23.8 Å². The Morgan fingerprint density at radius 2 is 1.89 bits per heavy atom. The van der Waals surface area contributed by atoms with Gasteiger partial charge in [-0.15, -0.1) is 0 Å². The largest absolute Gasteiger partial charge is 0.481 e. The van der Waals surface area contributed by atoms with E-state index in [9.17, 15) is 0 Å². The summed E-state index contributed by atoms with van der Waals surface area (Å²) in [6, 6.07) is 14.0. The Morgan fingerprint density at radius 1 is 1.00 bits per heavy atom. The number of rotatable bonds is 2. The SMILES string of the molecule is COc1ccc2ccc(-c3cccnc3)cc2n1. The van der Waals surface area contributed by atoms with E-state index in [0.29, 0.717) is 5.88 Å². The Hall–Kier alpha value is -2.42. The summed E-state index contributed by atoms with van der Waals surface area (Å²) in [4.78, 5) is 8.57. The van der Waals surface area contributed by atoms with Gasteiger partial charge in [0.25, 0.3) is 0 Å². The molecule has 0 aliphatic rings. The van der Waals surface area contributed by atoms with E-state index < -0.39 is 0 Å². The summed E-state index contributed by atoms with van der Waals surface area (Å²) in [5, 5.41) is 1.10. The van der Waals surface area contributed by atoms with Gasteiger partial charge in [0.1, 0.15) is 0 Å². The number of fused-ring (bicyclic) bond motifs is 1. The summed E-state index contributed by atoms with van der Waals surface area (Å²) in [5.74, 6) is 0.630. The van der Waals surface area contributed by atoms with Crippen molar-refractivity contribution < 1.29 is 4.74 Å². The highest BCUT2D eigenvalue weighted by Crippen LogP contribution is 2.24. The van der Waals surface area contributed by atoms with E-state index in [0.717, 1.165) is 22.0 Å². The molecule has 88 valence electrons. The molecule has 3 rings (SSSR count). The van der Waals surface area contributed by atoms with Crippen molar-refractivity contribution in [3.8, 4) is 17.0 Å². The van der Waals surface area contributed by atoms with Gasteiger partial charge in [0.05, 0.1) is 12.6 Å². The van der Waals surface area contributed by atoms with Gasteiger partial charge in [0, 0.05) is 29.4 Å². The molecule has 0 amide bonds. The molecule has 0 N–H and O–H groups in total. The van der Waals surface area contributed by atoms with E-state index in [1.807, 2.05) is 30.5 Å². The molecule has 0 radical (unpaired) electrons. The van der Waals surface area contributed by atoms with Crippen molar-refractivity contribution in [3.63, 3.8) is 0 Å². The van der Waals surface area contributed by atoms with Crippen LogP contribution in [0.5, 0.6) is 5.88 Å². The van der Waals surface area contributed by atoms with Crippen LogP contribution in [0.1, 0.15) is 0 Å². The molecule has 0 unspecified atom stereocenters. The molecule has 3 heteroatoms. The summed E-state index contributed by atoms with van der Waals surface area (Å²) in [7, 11) is 1.62. The third-order valence-electron chi connectivity index (χ3n) is 2.87. The van der Waals surface area contributed by atoms with Gasteiger partial charge < -0.3 is 4.74 Å². The maximum absolute atomic E-state index is 5.14. The lowest BCUT2D eigenvalue weighted by Gasteiger charge is -2.04. The third kappa shape index (κ3) is 1.91. The average molecular weight is 236 g/mol. The first kappa shape index (κ1) is 10.7. The summed E-state index contributed by atoms with van der Waals surface area (Å²) >= 11 is 0. The third-order valence-corrected chi connectivity index (χ3v) is 2.87. The molecule has 0 spiro atoms. The zero-order valence-electron chi connectivity index (χ0n) is 10.00. The van der Waals surface area contributed by atoms with Crippen LogP contribution in [0.4, 0.5) is 0 Å². The normalized spacial score (nSPS) is 10.5. The number of benzene rings is 1. The van der Waals surface area contributed by atoms with Crippen molar-refractivity contribution in [1.82, 2.24) is 9.97 Å². The summed E-state index contributed by atoms with van der Waals surface area (Å²) in [5.41, 5.74) is 3.12. The maximum Gasteiger partial charge on any atom is 0.213 e.